The molecule has 0 bridgehead atoms. The molecule has 0 amide bonds. The molecule has 2 aromatic carbocycles. The van der Waals surface area contributed by atoms with Gasteiger partial charge in [-0.05, 0) is 68.9 Å². The fourth-order valence-corrected chi connectivity index (χ4v) is 4.60. The third-order valence-corrected chi connectivity index (χ3v) is 6.05. The Morgan fingerprint density at radius 2 is 1.92 bits per heavy atom. The van der Waals surface area contributed by atoms with Crippen molar-refractivity contribution in [2.24, 2.45) is 0 Å². The quantitative estimate of drug-likeness (QED) is 0.620. The number of fused-ring (bicyclic) bond motifs is 3. The van der Waals surface area contributed by atoms with Crippen molar-refractivity contribution in [1.29, 1.82) is 0 Å². The lowest BCUT2D eigenvalue weighted by molar-refractivity contribution is 0.105. The van der Waals surface area contributed by atoms with Crippen molar-refractivity contribution in [3.05, 3.63) is 67.7 Å². The summed E-state index contributed by atoms with van der Waals surface area (Å²) in [4.78, 5) is 13.2. The number of benzene rings is 2. The van der Waals surface area contributed by atoms with Crippen LogP contribution < -0.4 is 4.74 Å². The molecular weight excluding hydrogens is 388 g/mol. The summed E-state index contributed by atoms with van der Waals surface area (Å²) in [6.45, 7) is 4.35. The van der Waals surface area contributed by atoms with E-state index in [1.54, 1.807) is 7.11 Å². The van der Waals surface area contributed by atoms with Crippen LogP contribution >= 0.6 is 27.5 Å². The molecule has 0 atom stereocenters. The van der Waals surface area contributed by atoms with Crippen molar-refractivity contribution in [3.63, 3.8) is 0 Å². The van der Waals surface area contributed by atoms with Crippen LogP contribution in [0.2, 0.25) is 5.02 Å². The second-order valence-corrected chi connectivity index (χ2v) is 8.11. The van der Waals surface area contributed by atoms with E-state index in [1.807, 2.05) is 30.3 Å². The van der Waals surface area contributed by atoms with Gasteiger partial charge in [0.1, 0.15) is 5.75 Å². The van der Waals surface area contributed by atoms with Crippen molar-refractivity contribution in [2.75, 3.05) is 7.11 Å². The van der Waals surface area contributed by atoms with Gasteiger partial charge < -0.3 is 4.74 Å². The molecule has 0 saturated heterocycles. The molecule has 0 aliphatic heterocycles. The molecule has 4 rings (SSSR count). The lowest BCUT2D eigenvalue weighted by Crippen LogP contribution is -2.29. The van der Waals surface area contributed by atoms with Crippen molar-refractivity contribution >= 4 is 38.9 Å². The molecule has 0 heterocycles. The number of halogens is 2. The van der Waals surface area contributed by atoms with E-state index in [1.165, 1.54) is 5.57 Å². The normalized spacial score (nSPS) is 17.5. The first kappa shape index (κ1) is 15.9. The Morgan fingerprint density at radius 1 is 1.17 bits per heavy atom. The van der Waals surface area contributed by atoms with E-state index in [-0.39, 0.29) is 11.2 Å². The Bertz CT molecular complexity index is 941. The Balaban J connectivity index is 1.98. The lowest BCUT2D eigenvalue weighted by atomic mass is 9.68. The fourth-order valence-electron chi connectivity index (χ4n) is 3.90. The van der Waals surface area contributed by atoms with Crippen LogP contribution in [0.4, 0.5) is 0 Å². The molecule has 0 N–H and O–H groups in total. The van der Waals surface area contributed by atoms with E-state index in [2.05, 4.69) is 29.8 Å². The largest absolute Gasteiger partial charge is 0.496 e. The number of Topliss-reactive ketones (excluding diaryl/α,β-unsaturated/α-hetero) is 1. The Labute approximate surface area is 154 Å². The topological polar surface area (TPSA) is 26.3 Å². The van der Waals surface area contributed by atoms with E-state index >= 15 is 0 Å². The standard InChI is InChI=1S/C20H16BrClO2/c1-20(2)14-9-17(24-3)16(21)8-13(14)19(23)18-12-5-4-11(22)6-10(12)7-15(18)20/h4-6,8-9H,7H2,1-3H3. The van der Waals surface area contributed by atoms with Gasteiger partial charge in [0.2, 0.25) is 0 Å². The van der Waals surface area contributed by atoms with E-state index in [4.69, 9.17) is 16.3 Å². The second kappa shape index (κ2) is 5.21. The molecule has 0 saturated carbocycles. The number of ketones is 1. The summed E-state index contributed by atoms with van der Waals surface area (Å²) in [6.07, 6.45) is 0.766. The van der Waals surface area contributed by atoms with Gasteiger partial charge in [-0.15, -0.1) is 0 Å². The molecule has 0 radical (unpaired) electrons. The highest BCUT2D eigenvalue weighted by Crippen LogP contribution is 2.51. The first-order chi connectivity index (χ1) is 11.3. The molecule has 2 aliphatic carbocycles. The van der Waals surface area contributed by atoms with Crippen molar-refractivity contribution in [3.8, 4) is 5.75 Å². The van der Waals surface area contributed by atoms with Gasteiger partial charge in [0.05, 0.1) is 11.6 Å². The van der Waals surface area contributed by atoms with Gasteiger partial charge in [0.25, 0.3) is 0 Å². The van der Waals surface area contributed by atoms with Gasteiger partial charge in [-0.3, -0.25) is 4.79 Å². The maximum atomic E-state index is 13.2. The number of allylic oxidation sites excluding steroid dienone is 2. The number of methoxy groups -OCH3 is 1. The molecule has 0 fully saturated rings. The molecule has 122 valence electrons. The first-order valence-electron chi connectivity index (χ1n) is 7.79. The van der Waals surface area contributed by atoms with Crippen LogP contribution in [-0.4, -0.2) is 12.9 Å². The van der Waals surface area contributed by atoms with Gasteiger partial charge in [0, 0.05) is 21.6 Å². The minimum absolute atomic E-state index is 0.0868. The van der Waals surface area contributed by atoms with E-state index in [0.717, 1.165) is 44.5 Å². The molecule has 0 spiro atoms. The fraction of sp³-hybridized carbons (Fsp3) is 0.250. The third kappa shape index (κ3) is 2.04. The molecule has 0 aromatic heterocycles. The minimum atomic E-state index is -0.238. The van der Waals surface area contributed by atoms with Gasteiger partial charge in [-0.1, -0.05) is 31.5 Å². The highest BCUT2D eigenvalue weighted by molar-refractivity contribution is 9.10. The first-order valence-corrected chi connectivity index (χ1v) is 8.97. The number of ether oxygens (including phenoxy) is 1. The Morgan fingerprint density at radius 3 is 2.62 bits per heavy atom. The van der Waals surface area contributed by atoms with Crippen LogP contribution in [0.1, 0.15) is 40.9 Å². The summed E-state index contributed by atoms with van der Waals surface area (Å²) < 4.78 is 6.23. The van der Waals surface area contributed by atoms with Crippen LogP contribution in [0.5, 0.6) is 5.75 Å². The van der Waals surface area contributed by atoms with E-state index in [9.17, 15) is 4.79 Å². The molecule has 2 aromatic rings. The summed E-state index contributed by atoms with van der Waals surface area (Å²) in [6, 6.07) is 9.67. The van der Waals surface area contributed by atoms with Crippen LogP contribution in [0.15, 0.2) is 40.4 Å². The zero-order chi connectivity index (χ0) is 17.2. The maximum Gasteiger partial charge on any atom is 0.193 e. The molecular formula is C20H16BrClO2. The van der Waals surface area contributed by atoms with Gasteiger partial charge in [-0.25, -0.2) is 0 Å². The monoisotopic (exact) mass is 402 g/mol. The summed E-state index contributed by atoms with van der Waals surface area (Å²) in [5, 5.41) is 0.709. The average Bonchev–Trinajstić information content (AvgIpc) is 2.92. The molecule has 0 unspecified atom stereocenters. The van der Waals surface area contributed by atoms with E-state index < -0.39 is 0 Å². The highest BCUT2D eigenvalue weighted by atomic mass is 79.9. The summed E-state index contributed by atoms with van der Waals surface area (Å²) in [5.41, 5.74) is 5.69. The van der Waals surface area contributed by atoms with Crippen LogP contribution in [0.3, 0.4) is 0 Å². The van der Waals surface area contributed by atoms with Crippen LogP contribution in [-0.2, 0) is 11.8 Å². The lowest BCUT2D eigenvalue weighted by Gasteiger charge is -2.34. The molecule has 2 aliphatic rings. The van der Waals surface area contributed by atoms with Gasteiger partial charge >= 0.3 is 0 Å². The summed E-state index contributed by atoms with van der Waals surface area (Å²) >= 11 is 9.66. The predicted molar refractivity (Wildman–Crippen MR) is 100 cm³/mol. The Hall–Kier alpha value is -1.58. The SMILES string of the molecule is COc1cc2c(cc1Br)C(=O)C1=C(Cc3cc(Cl)ccc31)C2(C)C. The van der Waals surface area contributed by atoms with Crippen molar-refractivity contribution in [2.45, 2.75) is 25.7 Å². The highest BCUT2D eigenvalue weighted by Gasteiger charge is 2.43. The molecule has 4 heteroatoms. The maximum absolute atomic E-state index is 13.2. The van der Waals surface area contributed by atoms with Crippen molar-refractivity contribution < 1.29 is 9.53 Å². The molecule has 2 nitrogen and oxygen atoms in total. The van der Waals surface area contributed by atoms with Crippen LogP contribution in [0, 0.1) is 0 Å². The summed E-state index contributed by atoms with van der Waals surface area (Å²) in [5.74, 6) is 0.834. The van der Waals surface area contributed by atoms with Gasteiger partial charge in [-0.2, -0.15) is 0 Å². The number of rotatable bonds is 1. The number of hydrogen-bond donors (Lipinski definition) is 0. The molecule has 24 heavy (non-hydrogen) atoms. The number of carbonyl (C=O) groups excluding carboxylic acids is 1. The van der Waals surface area contributed by atoms with E-state index in [0.29, 0.717) is 5.02 Å². The predicted octanol–water partition coefficient (Wildman–Crippen LogP) is 5.59. The average molecular weight is 404 g/mol. The minimum Gasteiger partial charge on any atom is -0.496 e. The number of carbonyl (C=O) groups is 1. The Kier molecular flexibility index (Phi) is 3.45. The summed E-state index contributed by atoms with van der Waals surface area (Å²) in [7, 11) is 1.64. The number of hydrogen-bond acceptors (Lipinski definition) is 2. The zero-order valence-corrected chi connectivity index (χ0v) is 16.0. The van der Waals surface area contributed by atoms with Gasteiger partial charge in [0.15, 0.2) is 5.78 Å². The smallest absolute Gasteiger partial charge is 0.193 e. The van der Waals surface area contributed by atoms with Crippen molar-refractivity contribution in [1.82, 2.24) is 0 Å². The van der Waals surface area contributed by atoms with Crippen LogP contribution in [0.25, 0.3) is 5.57 Å². The third-order valence-electron chi connectivity index (χ3n) is 5.20. The second-order valence-electron chi connectivity index (χ2n) is 6.82. The zero-order valence-electron chi connectivity index (χ0n) is 13.7.